The van der Waals surface area contributed by atoms with Crippen molar-refractivity contribution in [3.05, 3.63) is 0 Å². The molecule has 0 spiro atoms. The average molecular weight is 218 g/mol. The van der Waals surface area contributed by atoms with Crippen LogP contribution in [0.2, 0.25) is 0 Å². The van der Waals surface area contributed by atoms with Gasteiger partial charge in [-0.15, -0.1) is 0 Å². The highest BCUT2D eigenvalue weighted by atomic mass is 16.5. The number of hydrogen-bond donors (Lipinski definition) is 2. The molecule has 90 valence electrons. The summed E-state index contributed by atoms with van der Waals surface area (Å²) in [6.45, 7) is 6.62. The minimum atomic E-state index is -0.403. The highest BCUT2D eigenvalue weighted by Gasteiger charge is 2.09. The third-order valence-electron chi connectivity index (χ3n) is 2.45. The van der Waals surface area contributed by atoms with Crippen molar-refractivity contribution in [3.8, 4) is 0 Å². The summed E-state index contributed by atoms with van der Waals surface area (Å²) in [5.74, 6) is 0. The summed E-state index contributed by atoms with van der Waals surface area (Å²) in [7, 11) is 1.59. The molecule has 1 heterocycles. The molecule has 1 fully saturated rings. The number of methoxy groups -OCH3 is 1. The van der Waals surface area contributed by atoms with Crippen molar-refractivity contribution in [2.45, 2.75) is 6.10 Å². The van der Waals surface area contributed by atoms with Crippen molar-refractivity contribution in [1.82, 2.24) is 10.2 Å². The summed E-state index contributed by atoms with van der Waals surface area (Å²) in [6.07, 6.45) is -0.403. The number of rotatable bonds is 7. The molecular formula is C10H22N2O3. The summed E-state index contributed by atoms with van der Waals surface area (Å²) in [5, 5.41) is 12.6. The van der Waals surface area contributed by atoms with Gasteiger partial charge in [0.15, 0.2) is 0 Å². The normalized spacial score (nSPS) is 20.4. The topological polar surface area (TPSA) is 54.0 Å². The van der Waals surface area contributed by atoms with Crippen LogP contribution in [0.1, 0.15) is 0 Å². The smallest absolute Gasteiger partial charge is 0.0897 e. The maximum absolute atomic E-state index is 9.37. The number of aliphatic hydroxyl groups is 1. The van der Waals surface area contributed by atoms with Crippen LogP contribution in [0.25, 0.3) is 0 Å². The quantitative estimate of drug-likeness (QED) is 0.532. The van der Waals surface area contributed by atoms with Gasteiger partial charge >= 0.3 is 0 Å². The van der Waals surface area contributed by atoms with Crippen LogP contribution in [0.15, 0.2) is 0 Å². The van der Waals surface area contributed by atoms with E-state index in [9.17, 15) is 5.11 Å². The van der Waals surface area contributed by atoms with E-state index in [0.29, 0.717) is 13.2 Å². The van der Waals surface area contributed by atoms with Gasteiger partial charge in [-0.3, -0.25) is 4.90 Å². The van der Waals surface area contributed by atoms with E-state index in [1.54, 1.807) is 7.11 Å². The molecule has 5 nitrogen and oxygen atoms in total. The van der Waals surface area contributed by atoms with Crippen molar-refractivity contribution >= 4 is 0 Å². The van der Waals surface area contributed by atoms with Crippen LogP contribution >= 0.6 is 0 Å². The Labute approximate surface area is 91.3 Å². The monoisotopic (exact) mass is 218 g/mol. The van der Waals surface area contributed by atoms with E-state index >= 15 is 0 Å². The Morgan fingerprint density at radius 2 is 2.20 bits per heavy atom. The van der Waals surface area contributed by atoms with E-state index in [2.05, 4.69) is 10.2 Å². The summed E-state index contributed by atoms with van der Waals surface area (Å²) in [6, 6.07) is 0. The zero-order valence-electron chi connectivity index (χ0n) is 9.45. The van der Waals surface area contributed by atoms with Crippen molar-refractivity contribution < 1.29 is 14.6 Å². The van der Waals surface area contributed by atoms with Crippen molar-refractivity contribution in [2.75, 3.05) is 59.7 Å². The van der Waals surface area contributed by atoms with Crippen LogP contribution in [0.4, 0.5) is 0 Å². The van der Waals surface area contributed by atoms with Gasteiger partial charge in [0.25, 0.3) is 0 Å². The van der Waals surface area contributed by atoms with E-state index in [4.69, 9.17) is 9.47 Å². The second kappa shape index (κ2) is 8.01. The van der Waals surface area contributed by atoms with E-state index in [1.165, 1.54) is 0 Å². The molecule has 5 heteroatoms. The minimum Gasteiger partial charge on any atom is -0.389 e. The summed E-state index contributed by atoms with van der Waals surface area (Å²) in [5.41, 5.74) is 0. The molecule has 0 aromatic heterocycles. The van der Waals surface area contributed by atoms with Crippen LogP contribution in [-0.2, 0) is 9.47 Å². The fourth-order valence-corrected chi connectivity index (χ4v) is 1.58. The van der Waals surface area contributed by atoms with Gasteiger partial charge in [0, 0.05) is 39.8 Å². The Kier molecular flexibility index (Phi) is 6.87. The largest absolute Gasteiger partial charge is 0.389 e. The van der Waals surface area contributed by atoms with Gasteiger partial charge in [0.05, 0.1) is 25.9 Å². The lowest BCUT2D eigenvalue weighted by atomic mass is 10.3. The van der Waals surface area contributed by atoms with Crippen molar-refractivity contribution in [2.24, 2.45) is 0 Å². The van der Waals surface area contributed by atoms with Crippen LogP contribution in [0, 0.1) is 0 Å². The lowest BCUT2D eigenvalue weighted by molar-refractivity contribution is 0.0367. The summed E-state index contributed by atoms with van der Waals surface area (Å²) in [4.78, 5) is 2.36. The molecular weight excluding hydrogens is 196 g/mol. The molecule has 0 radical (unpaired) electrons. The molecule has 0 bridgehead atoms. The molecule has 0 aromatic rings. The first-order valence-corrected chi connectivity index (χ1v) is 5.50. The fraction of sp³-hybridized carbons (Fsp3) is 1.00. The highest BCUT2D eigenvalue weighted by Crippen LogP contribution is 1.94. The first kappa shape index (κ1) is 12.9. The number of ether oxygens (including phenoxy) is 2. The first-order valence-electron chi connectivity index (χ1n) is 5.50. The lowest BCUT2D eigenvalue weighted by Gasteiger charge is -2.26. The van der Waals surface area contributed by atoms with Gasteiger partial charge in [0.2, 0.25) is 0 Å². The number of aliphatic hydroxyl groups excluding tert-OH is 1. The fourth-order valence-electron chi connectivity index (χ4n) is 1.58. The Morgan fingerprint density at radius 3 is 2.87 bits per heavy atom. The number of nitrogens with one attached hydrogen (secondary N) is 1. The predicted octanol–water partition coefficient (Wildman–Crippen LogP) is -1.08. The average Bonchev–Trinajstić information content (AvgIpc) is 2.26. The van der Waals surface area contributed by atoms with E-state index in [0.717, 1.165) is 39.4 Å². The van der Waals surface area contributed by atoms with Crippen LogP contribution < -0.4 is 5.32 Å². The van der Waals surface area contributed by atoms with Gasteiger partial charge < -0.3 is 19.9 Å². The maximum atomic E-state index is 9.37. The third-order valence-corrected chi connectivity index (χ3v) is 2.45. The highest BCUT2D eigenvalue weighted by molar-refractivity contribution is 4.64. The lowest BCUT2D eigenvalue weighted by Crippen LogP contribution is -2.41. The van der Waals surface area contributed by atoms with Gasteiger partial charge in [-0.05, 0) is 0 Å². The molecule has 1 saturated heterocycles. The second-order valence-corrected chi connectivity index (χ2v) is 3.77. The molecule has 1 atom stereocenters. The standard InChI is InChI=1S/C10H22N2O3/c1-14-9-10(13)8-11-2-3-12-4-6-15-7-5-12/h10-11,13H,2-9H2,1H3. The second-order valence-electron chi connectivity index (χ2n) is 3.77. The summed E-state index contributed by atoms with van der Waals surface area (Å²) >= 11 is 0. The number of morpholine rings is 1. The molecule has 1 aliphatic heterocycles. The maximum Gasteiger partial charge on any atom is 0.0897 e. The van der Waals surface area contributed by atoms with Crippen LogP contribution in [0.5, 0.6) is 0 Å². The van der Waals surface area contributed by atoms with E-state index in [1.807, 2.05) is 0 Å². The number of hydrogen-bond acceptors (Lipinski definition) is 5. The molecule has 2 N–H and O–H groups in total. The molecule has 0 amide bonds. The van der Waals surface area contributed by atoms with Crippen molar-refractivity contribution in [1.29, 1.82) is 0 Å². The molecule has 0 aromatic carbocycles. The van der Waals surface area contributed by atoms with Gasteiger partial charge in [-0.2, -0.15) is 0 Å². The third kappa shape index (κ3) is 6.06. The first-order chi connectivity index (χ1) is 7.33. The molecule has 1 unspecified atom stereocenters. The van der Waals surface area contributed by atoms with Crippen LogP contribution in [-0.4, -0.2) is 75.8 Å². The van der Waals surface area contributed by atoms with Gasteiger partial charge in [0.1, 0.15) is 0 Å². The Morgan fingerprint density at radius 1 is 1.47 bits per heavy atom. The number of nitrogens with zero attached hydrogens (tertiary/aromatic N) is 1. The zero-order valence-corrected chi connectivity index (χ0v) is 9.45. The molecule has 0 saturated carbocycles. The molecule has 0 aliphatic carbocycles. The van der Waals surface area contributed by atoms with E-state index < -0.39 is 6.10 Å². The Hall–Kier alpha value is -0.200. The Bertz CT molecular complexity index is 152. The minimum absolute atomic E-state index is 0.393. The molecule has 1 rings (SSSR count). The Balaban J connectivity index is 1.91. The van der Waals surface area contributed by atoms with Crippen LogP contribution in [0.3, 0.4) is 0 Å². The van der Waals surface area contributed by atoms with Gasteiger partial charge in [-0.25, -0.2) is 0 Å². The molecule has 1 aliphatic rings. The molecule has 15 heavy (non-hydrogen) atoms. The zero-order chi connectivity index (χ0) is 10.9. The summed E-state index contributed by atoms with van der Waals surface area (Å²) < 4.78 is 10.1. The van der Waals surface area contributed by atoms with E-state index in [-0.39, 0.29) is 0 Å². The SMILES string of the molecule is COCC(O)CNCCN1CCOCC1. The van der Waals surface area contributed by atoms with Gasteiger partial charge in [-0.1, -0.05) is 0 Å². The predicted molar refractivity (Wildman–Crippen MR) is 58.0 cm³/mol. The van der Waals surface area contributed by atoms with Crippen molar-refractivity contribution in [3.63, 3.8) is 0 Å².